The van der Waals surface area contributed by atoms with Crippen molar-refractivity contribution in [3.63, 3.8) is 0 Å². The van der Waals surface area contributed by atoms with Gasteiger partial charge in [0.05, 0.1) is 0 Å². The average molecular weight is 260 g/mol. The Bertz CT molecular complexity index is 33.8. The van der Waals surface area contributed by atoms with E-state index in [1.54, 1.807) is 0 Å². The van der Waals surface area contributed by atoms with E-state index in [2.05, 4.69) is 0 Å². The van der Waals surface area contributed by atoms with Gasteiger partial charge in [0.1, 0.15) is 0 Å². The van der Waals surface area contributed by atoms with E-state index in [1.807, 2.05) is 0 Å². The molecule has 37 valence electrons. The molecule has 0 atom stereocenters. The fourth-order valence-corrected chi connectivity index (χ4v) is 0. The minimum atomic E-state index is -1.50. The zero-order valence-corrected chi connectivity index (χ0v) is 5.37. The Kier molecular flexibility index (Phi) is 24.8. The Labute approximate surface area is 50.8 Å². The molecule has 0 aromatic rings. The molecule has 0 unspecified atom stereocenters. The van der Waals surface area contributed by atoms with Crippen molar-refractivity contribution in [1.29, 1.82) is 0 Å². The number of hydrogen-bond donors (Lipinski definition) is 1. The van der Waals surface area contributed by atoms with Crippen molar-refractivity contribution in [2.45, 2.75) is 7.43 Å². The quantitative estimate of drug-likeness (QED) is 0.502. The van der Waals surface area contributed by atoms with Crippen LogP contribution in [0.2, 0.25) is 0 Å². The first-order chi connectivity index (χ1) is 1.73. The van der Waals surface area contributed by atoms with Crippen molar-refractivity contribution in [3.8, 4) is 0 Å². The summed E-state index contributed by atoms with van der Waals surface area (Å²) in [6.45, 7) is 0. The number of hydrogen-bond acceptors (Lipinski definition) is 2. The summed E-state index contributed by atoms with van der Waals surface area (Å²) in [5.74, 6) is 0. The van der Waals surface area contributed by atoms with Crippen LogP contribution in [-0.2, 0) is 22.4 Å². The van der Waals surface area contributed by atoms with Crippen LogP contribution in [0.1, 0.15) is 7.43 Å². The van der Waals surface area contributed by atoms with Crippen molar-refractivity contribution in [3.05, 3.63) is 10.1 Å². The van der Waals surface area contributed by atoms with Gasteiger partial charge in [-0.05, 0) is 0 Å². The summed E-state index contributed by atoms with van der Waals surface area (Å²) in [4.78, 5) is 8.36. The third-order valence-corrected chi connectivity index (χ3v) is 0. The van der Waals surface area contributed by atoms with E-state index in [0.717, 1.165) is 0 Å². The Morgan fingerprint density at radius 3 is 1.67 bits per heavy atom. The van der Waals surface area contributed by atoms with Crippen molar-refractivity contribution in [2.24, 2.45) is 0 Å². The molecule has 5 heteroatoms. The Balaban J connectivity index is -0.0000000450. The maximum atomic E-state index is 8.36. The molecule has 0 spiro atoms. The number of nitrogens with zero attached hydrogens (tertiary/aromatic N) is 1. The van der Waals surface area contributed by atoms with E-state index in [1.165, 1.54) is 0 Å². The molecular weight excluding hydrogens is 255 g/mol. The molecule has 0 saturated heterocycles. The first-order valence-corrected chi connectivity index (χ1v) is 0.565. The van der Waals surface area contributed by atoms with Crippen LogP contribution in [0.15, 0.2) is 0 Å². The first kappa shape index (κ1) is 16.8. The monoisotopic (exact) mass is 260 g/mol. The standard InChI is InChI=1S/CH4.HNO3.Ta/c;2-1(3)4;/h1H4;(H,2,3,4);. The molecule has 0 heterocycles. The SMILES string of the molecule is C.O=[N+]([O-])O.[Ta]. The summed E-state index contributed by atoms with van der Waals surface area (Å²) in [7, 11) is 0. The first-order valence-electron chi connectivity index (χ1n) is 0.565. The fourth-order valence-electron chi connectivity index (χ4n) is 0. The molecule has 1 radical (unpaired) electrons. The van der Waals surface area contributed by atoms with Crippen molar-refractivity contribution in [2.75, 3.05) is 0 Å². The van der Waals surface area contributed by atoms with Gasteiger partial charge in [-0.1, -0.05) is 7.43 Å². The van der Waals surface area contributed by atoms with Crippen LogP contribution in [0.4, 0.5) is 0 Å². The van der Waals surface area contributed by atoms with Gasteiger partial charge < -0.3 is 5.21 Å². The molecule has 0 rings (SSSR count). The maximum absolute atomic E-state index is 8.36. The number of rotatable bonds is 0. The second kappa shape index (κ2) is 8.87. The summed E-state index contributed by atoms with van der Waals surface area (Å²) in [5.41, 5.74) is 0. The van der Waals surface area contributed by atoms with Gasteiger partial charge in [-0.25, -0.2) is 0 Å². The van der Waals surface area contributed by atoms with Crippen LogP contribution in [0.5, 0.6) is 0 Å². The van der Waals surface area contributed by atoms with Crippen LogP contribution in [-0.4, -0.2) is 10.3 Å². The maximum Gasteiger partial charge on any atom is 0.291 e. The molecule has 0 saturated carbocycles. The second-order valence-corrected chi connectivity index (χ2v) is 0.238. The van der Waals surface area contributed by atoms with E-state index >= 15 is 0 Å². The molecule has 0 amide bonds. The van der Waals surface area contributed by atoms with Crippen LogP contribution >= 0.6 is 0 Å². The zero-order chi connectivity index (χ0) is 3.58. The summed E-state index contributed by atoms with van der Waals surface area (Å²) in [5, 5.41) is 13.6. The summed E-state index contributed by atoms with van der Waals surface area (Å²) in [6.07, 6.45) is 0. The molecular formula is CH5NO3Ta. The van der Waals surface area contributed by atoms with E-state index in [0.29, 0.717) is 0 Å². The van der Waals surface area contributed by atoms with Crippen LogP contribution < -0.4 is 0 Å². The summed E-state index contributed by atoms with van der Waals surface area (Å²) in [6, 6.07) is 0. The molecule has 4 nitrogen and oxygen atoms in total. The zero-order valence-electron chi connectivity index (χ0n) is 2.16. The molecule has 6 heavy (non-hydrogen) atoms. The fraction of sp³-hybridized carbons (Fsp3) is 1.00. The molecule has 1 N–H and O–H groups in total. The normalized spacial score (nSPS) is 4.00. The van der Waals surface area contributed by atoms with Gasteiger partial charge in [0, 0.05) is 22.4 Å². The minimum Gasteiger partial charge on any atom is -0.328 e. The van der Waals surface area contributed by atoms with E-state index in [4.69, 9.17) is 15.3 Å². The van der Waals surface area contributed by atoms with Gasteiger partial charge in [-0.3, -0.25) is 0 Å². The Morgan fingerprint density at radius 2 is 1.67 bits per heavy atom. The van der Waals surface area contributed by atoms with Crippen LogP contribution in [0.3, 0.4) is 0 Å². The minimum absolute atomic E-state index is 0. The Hall–Kier alpha value is -0.0597. The predicted octanol–water partition coefficient (Wildman–Crippen LogP) is 0.286. The second-order valence-electron chi connectivity index (χ2n) is 0.238. The Morgan fingerprint density at radius 1 is 1.67 bits per heavy atom. The van der Waals surface area contributed by atoms with Gasteiger partial charge in [0.25, 0.3) is 5.09 Å². The molecule has 0 aliphatic rings. The summed E-state index contributed by atoms with van der Waals surface area (Å²) < 4.78 is 0. The molecule has 0 aromatic heterocycles. The third kappa shape index (κ3) is 9540. The molecule has 0 aliphatic carbocycles. The topological polar surface area (TPSA) is 63.4 Å². The van der Waals surface area contributed by atoms with Gasteiger partial charge >= 0.3 is 0 Å². The van der Waals surface area contributed by atoms with Gasteiger partial charge in [-0.2, -0.15) is 0 Å². The van der Waals surface area contributed by atoms with Gasteiger partial charge in [0.2, 0.25) is 0 Å². The van der Waals surface area contributed by atoms with Crippen LogP contribution in [0, 0.1) is 10.1 Å². The van der Waals surface area contributed by atoms with Crippen LogP contribution in [0.25, 0.3) is 0 Å². The van der Waals surface area contributed by atoms with Gasteiger partial charge in [-0.15, -0.1) is 10.1 Å². The van der Waals surface area contributed by atoms with Crippen molar-refractivity contribution in [1.82, 2.24) is 0 Å². The van der Waals surface area contributed by atoms with E-state index < -0.39 is 5.09 Å². The van der Waals surface area contributed by atoms with E-state index in [9.17, 15) is 0 Å². The average Bonchev–Trinajstić information content (AvgIpc) is 0.811. The smallest absolute Gasteiger partial charge is 0.291 e. The molecule has 0 bridgehead atoms. The van der Waals surface area contributed by atoms with Crippen molar-refractivity contribution >= 4 is 0 Å². The largest absolute Gasteiger partial charge is 0.328 e. The van der Waals surface area contributed by atoms with Crippen molar-refractivity contribution < 1.29 is 32.7 Å². The van der Waals surface area contributed by atoms with E-state index in [-0.39, 0.29) is 29.8 Å². The molecule has 0 aromatic carbocycles. The predicted molar refractivity (Wildman–Crippen MR) is 15.5 cm³/mol. The summed E-state index contributed by atoms with van der Waals surface area (Å²) >= 11 is 0. The molecule has 0 fully saturated rings. The molecule has 0 aliphatic heterocycles. The third-order valence-electron chi connectivity index (χ3n) is 0. The van der Waals surface area contributed by atoms with Gasteiger partial charge in [0.15, 0.2) is 0 Å².